The lowest BCUT2D eigenvalue weighted by molar-refractivity contribution is -0.122. The first kappa shape index (κ1) is 32.1. The average molecular weight is 600 g/mol. The Morgan fingerprint density at radius 3 is 1.12 bits per heavy atom. The van der Waals surface area contributed by atoms with Crippen LogP contribution >= 0.6 is 0 Å². The van der Waals surface area contributed by atoms with E-state index in [1.165, 1.54) is 55.0 Å². The summed E-state index contributed by atoms with van der Waals surface area (Å²) < 4.78 is 3.18. The third-order valence-corrected chi connectivity index (χ3v) is 6.19. The number of hydrogen-bond acceptors (Lipinski definition) is 10. The van der Waals surface area contributed by atoms with Crippen molar-refractivity contribution in [2.75, 3.05) is 39.3 Å². The van der Waals surface area contributed by atoms with Crippen LogP contribution in [0, 0.1) is 0 Å². The van der Waals surface area contributed by atoms with Gasteiger partial charge in [-0.1, -0.05) is 0 Å². The lowest BCUT2D eigenvalue weighted by Gasteiger charge is -2.23. The number of amides is 3. The molecule has 16 nitrogen and oxygen atoms in total. The molecule has 16 heteroatoms. The molecule has 6 N–H and O–H groups in total. The van der Waals surface area contributed by atoms with E-state index >= 15 is 0 Å². The monoisotopic (exact) mass is 599 g/mol. The Kier molecular flexibility index (Phi) is 11.6. The minimum atomic E-state index is -0.702. The smallest absolute Gasteiger partial charge is 0.293 e. The van der Waals surface area contributed by atoms with Gasteiger partial charge < -0.3 is 45.0 Å². The van der Waals surface area contributed by atoms with Gasteiger partial charge in [0.15, 0.2) is 17.2 Å². The summed E-state index contributed by atoms with van der Waals surface area (Å²) in [6, 6.07) is 7.95. The van der Waals surface area contributed by atoms with E-state index < -0.39 is 51.6 Å². The van der Waals surface area contributed by atoms with Gasteiger partial charge in [-0.2, -0.15) is 0 Å². The molecule has 43 heavy (non-hydrogen) atoms. The van der Waals surface area contributed by atoms with Crippen molar-refractivity contribution in [3.8, 4) is 17.2 Å². The van der Waals surface area contributed by atoms with Crippen molar-refractivity contribution < 1.29 is 29.7 Å². The van der Waals surface area contributed by atoms with Gasteiger partial charge in [-0.3, -0.25) is 33.7 Å². The zero-order valence-corrected chi connectivity index (χ0v) is 23.1. The molecule has 3 amide bonds. The first-order valence-electron chi connectivity index (χ1n) is 13.2. The Morgan fingerprint density at radius 2 is 0.837 bits per heavy atom. The molecule has 0 aliphatic heterocycles. The van der Waals surface area contributed by atoms with Crippen LogP contribution in [0.3, 0.4) is 0 Å². The highest BCUT2D eigenvalue weighted by molar-refractivity contribution is 5.76. The highest BCUT2D eigenvalue weighted by Gasteiger charge is 2.12. The molecule has 0 fully saturated rings. The van der Waals surface area contributed by atoms with Crippen LogP contribution in [0.2, 0.25) is 0 Å². The molecular formula is C27H33N7O9. The van der Waals surface area contributed by atoms with E-state index in [4.69, 9.17) is 0 Å². The first-order chi connectivity index (χ1) is 20.5. The van der Waals surface area contributed by atoms with Gasteiger partial charge in [0.2, 0.25) is 17.7 Å². The highest BCUT2D eigenvalue weighted by atomic mass is 16.3. The molecule has 3 rings (SSSR count). The van der Waals surface area contributed by atoms with Gasteiger partial charge in [-0.25, -0.2) is 0 Å². The third-order valence-electron chi connectivity index (χ3n) is 6.19. The summed E-state index contributed by atoms with van der Waals surface area (Å²) in [5.41, 5.74) is -2.11. The number of hydrogen-bond donors (Lipinski definition) is 6. The second-order valence-corrected chi connectivity index (χ2v) is 9.37. The second kappa shape index (κ2) is 15.6. The topological polar surface area (TPSA) is 217 Å². The number of nitrogens with zero attached hydrogens (tertiary/aromatic N) is 4. The van der Waals surface area contributed by atoms with Gasteiger partial charge in [0.1, 0.15) is 19.6 Å². The van der Waals surface area contributed by atoms with Crippen LogP contribution in [0.25, 0.3) is 0 Å². The molecule has 0 saturated carbocycles. The number of rotatable bonds is 15. The summed E-state index contributed by atoms with van der Waals surface area (Å²) in [5.74, 6) is -2.84. The van der Waals surface area contributed by atoms with Gasteiger partial charge in [-0.15, -0.1) is 0 Å². The zero-order chi connectivity index (χ0) is 31.4. The van der Waals surface area contributed by atoms with E-state index in [1.54, 1.807) is 0 Å². The SMILES string of the molecule is O=C(Cn1cccc(O)c1=O)NCCN(CCNC(=O)Cn1cccc(O)c1=O)CCNC(=O)Cn1cccc(O)c1=O. The number of carbonyl (C=O) groups excluding carboxylic acids is 3. The molecule has 0 spiro atoms. The minimum absolute atomic E-state index is 0.158. The van der Waals surface area contributed by atoms with Crippen LogP contribution in [0.15, 0.2) is 69.4 Å². The summed E-state index contributed by atoms with van der Waals surface area (Å²) in [7, 11) is 0. The van der Waals surface area contributed by atoms with E-state index in [-0.39, 0.29) is 39.3 Å². The Morgan fingerprint density at radius 1 is 0.558 bits per heavy atom. The molecule has 3 aromatic heterocycles. The molecule has 0 aliphatic rings. The van der Waals surface area contributed by atoms with E-state index in [1.807, 2.05) is 4.90 Å². The maximum atomic E-state index is 12.3. The molecule has 0 radical (unpaired) electrons. The van der Waals surface area contributed by atoms with Crippen LogP contribution in [-0.2, 0) is 34.0 Å². The lowest BCUT2D eigenvalue weighted by Crippen LogP contribution is -2.44. The molecular weight excluding hydrogens is 566 g/mol. The fourth-order valence-corrected chi connectivity index (χ4v) is 3.97. The van der Waals surface area contributed by atoms with Crippen molar-refractivity contribution in [3.05, 3.63) is 86.1 Å². The highest BCUT2D eigenvalue weighted by Crippen LogP contribution is 1.99. The zero-order valence-electron chi connectivity index (χ0n) is 23.1. The van der Waals surface area contributed by atoms with Crippen molar-refractivity contribution in [1.29, 1.82) is 0 Å². The molecule has 0 saturated heterocycles. The molecule has 0 atom stereocenters. The quantitative estimate of drug-likeness (QED) is 0.107. The normalized spacial score (nSPS) is 10.8. The van der Waals surface area contributed by atoms with Crippen LogP contribution < -0.4 is 32.6 Å². The lowest BCUT2D eigenvalue weighted by atomic mass is 10.4. The van der Waals surface area contributed by atoms with E-state index in [9.17, 15) is 44.1 Å². The van der Waals surface area contributed by atoms with Crippen LogP contribution in [0.1, 0.15) is 0 Å². The third kappa shape index (κ3) is 9.89. The second-order valence-electron chi connectivity index (χ2n) is 9.37. The summed E-state index contributed by atoms with van der Waals surface area (Å²) in [4.78, 5) is 74.6. The molecule has 0 unspecified atom stereocenters. The average Bonchev–Trinajstić information content (AvgIpc) is 2.96. The molecule has 0 bridgehead atoms. The summed E-state index contributed by atoms with van der Waals surface area (Å²) in [6.45, 7) is 0.453. The Labute approximate surface area is 244 Å². The van der Waals surface area contributed by atoms with Gasteiger partial charge in [0.05, 0.1) is 0 Å². The predicted octanol–water partition coefficient (Wildman–Crippen LogP) is -2.66. The largest absolute Gasteiger partial charge is 0.503 e. The van der Waals surface area contributed by atoms with E-state index in [2.05, 4.69) is 16.0 Å². The van der Waals surface area contributed by atoms with Crippen molar-refractivity contribution in [1.82, 2.24) is 34.6 Å². The van der Waals surface area contributed by atoms with Crippen LogP contribution in [-0.4, -0.2) is 90.9 Å². The Hall–Kier alpha value is -5.38. The fraction of sp³-hybridized carbons (Fsp3) is 0.333. The first-order valence-corrected chi connectivity index (χ1v) is 13.2. The van der Waals surface area contributed by atoms with Crippen molar-refractivity contribution >= 4 is 17.7 Å². The minimum Gasteiger partial charge on any atom is -0.503 e. The Balaban J connectivity index is 1.52. The molecule has 3 heterocycles. The summed E-state index contributed by atoms with van der Waals surface area (Å²) in [5, 5.41) is 36.6. The van der Waals surface area contributed by atoms with Gasteiger partial charge in [-0.05, 0) is 36.4 Å². The number of carbonyl (C=O) groups is 3. The summed E-state index contributed by atoms with van der Waals surface area (Å²) >= 11 is 0. The van der Waals surface area contributed by atoms with Crippen LogP contribution in [0.5, 0.6) is 17.2 Å². The standard InChI is InChI=1S/C27H33N7O9/c35-19-4-1-10-32(25(19)41)16-22(38)28-7-13-31(14-8-29-23(39)17-33-11-2-5-20(36)26(33)42)15-9-30-24(40)18-34-12-3-6-21(37)27(34)43/h1-6,10-12,35-37H,7-9,13-18H2,(H,28,38)(H,29,39)(H,30,40). The van der Waals surface area contributed by atoms with E-state index in [0.29, 0.717) is 19.6 Å². The molecule has 0 aliphatic carbocycles. The molecule has 230 valence electrons. The maximum absolute atomic E-state index is 12.3. The predicted molar refractivity (Wildman–Crippen MR) is 153 cm³/mol. The summed E-state index contributed by atoms with van der Waals surface area (Å²) in [6.07, 6.45) is 4.11. The Bertz CT molecular complexity index is 1420. The number of nitrogens with one attached hydrogen (secondary N) is 3. The fourth-order valence-electron chi connectivity index (χ4n) is 3.97. The molecule has 0 aromatic carbocycles. The van der Waals surface area contributed by atoms with Crippen molar-refractivity contribution in [3.63, 3.8) is 0 Å². The van der Waals surface area contributed by atoms with E-state index in [0.717, 1.165) is 13.7 Å². The number of pyridine rings is 3. The molecule has 3 aromatic rings. The van der Waals surface area contributed by atoms with Crippen LogP contribution in [0.4, 0.5) is 0 Å². The van der Waals surface area contributed by atoms with Gasteiger partial charge >= 0.3 is 0 Å². The maximum Gasteiger partial charge on any atom is 0.293 e. The van der Waals surface area contributed by atoms with Gasteiger partial charge in [0, 0.05) is 57.9 Å². The number of aromatic nitrogens is 3. The van der Waals surface area contributed by atoms with Gasteiger partial charge in [0.25, 0.3) is 16.7 Å². The van der Waals surface area contributed by atoms with Crippen molar-refractivity contribution in [2.24, 2.45) is 0 Å². The number of aromatic hydroxyl groups is 3. The van der Waals surface area contributed by atoms with Crippen molar-refractivity contribution in [2.45, 2.75) is 19.6 Å².